The van der Waals surface area contributed by atoms with Crippen molar-refractivity contribution in [3.05, 3.63) is 87.2 Å². The Bertz CT molecular complexity index is 1170. The minimum Gasteiger partial charge on any atom is -0.362 e. The van der Waals surface area contributed by atoms with Crippen LogP contribution in [0, 0.1) is 0 Å². The van der Waals surface area contributed by atoms with Gasteiger partial charge in [0.05, 0.1) is 11.3 Å². The fourth-order valence-electron chi connectivity index (χ4n) is 4.33. The summed E-state index contributed by atoms with van der Waals surface area (Å²) in [6.45, 7) is 1.68. The van der Waals surface area contributed by atoms with Gasteiger partial charge in [0.1, 0.15) is 0 Å². The number of hydrogen-bond donors (Lipinski definition) is 2. The molecule has 2 aliphatic rings. The molecule has 0 fully saturated rings. The number of ketones is 1. The number of dihydropyridines is 1. The van der Waals surface area contributed by atoms with E-state index in [0.29, 0.717) is 41.1 Å². The molecule has 1 unspecified atom stereocenters. The summed E-state index contributed by atoms with van der Waals surface area (Å²) in [6.07, 6.45) is -2.96. The molecule has 0 saturated heterocycles. The van der Waals surface area contributed by atoms with E-state index in [4.69, 9.17) is 11.6 Å². The number of allylic oxidation sites excluding steroid dienone is 3. The van der Waals surface area contributed by atoms with Crippen molar-refractivity contribution in [3.63, 3.8) is 0 Å². The first-order valence-electron chi connectivity index (χ1n) is 10.1. The third-order valence-corrected chi connectivity index (χ3v) is 6.06. The van der Waals surface area contributed by atoms with E-state index in [1.54, 1.807) is 31.2 Å². The van der Waals surface area contributed by atoms with Crippen molar-refractivity contribution in [1.82, 2.24) is 5.32 Å². The van der Waals surface area contributed by atoms with Crippen molar-refractivity contribution in [1.29, 1.82) is 0 Å². The molecule has 1 heterocycles. The highest BCUT2D eigenvalue weighted by Crippen LogP contribution is 2.44. The van der Waals surface area contributed by atoms with Gasteiger partial charge in [0, 0.05) is 39.9 Å². The second-order valence-electron chi connectivity index (χ2n) is 7.78. The summed E-state index contributed by atoms with van der Waals surface area (Å²) in [5, 5.41) is 5.93. The van der Waals surface area contributed by atoms with Crippen molar-refractivity contribution in [3.8, 4) is 0 Å². The van der Waals surface area contributed by atoms with Crippen molar-refractivity contribution >= 4 is 29.0 Å². The molecule has 1 atom stereocenters. The minimum absolute atomic E-state index is 0.0999. The van der Waals surface area contributed by atoms with E-state index in [1.165, 1.54) is 18.2 Å². The summed E-state index contributed by atoms with van der Waals surface area (Å²) >= 11 is 6.44. The lowest BCUT2D eigenvalue weighted by atomic mass is 9.75. The maximum absolute atomic E-state index is 13.4. The van der Waals surface area contributed by atoms with Crippen molar-refractivity contribution in [2.75, 3.05) is 5.32 Å². The Labute approximate surface area is 188 Å². The predicted molar refractivity (Wildman–Crippen MR) is 116 cm³/mol. The molecule has 0 spiro atoms. The van der Waals surface area contributed by atoms with Crippen LogP contribution in [0.4, 0.5) is 18.9 Å². The van der Waals surface area contributed by atoms with Gasteiger partial charge in [-0.1, -0.05) is 41.9 Å². The van der Waals surface area contributed by atoms with E-state index in [-0.39, 0.29) is 17.0 Å². The molecule has 0 radical (unpaired) electrons. The van der Waals surface area contributed by atoms with E-state index in [1.807, 2.05) is 0 Å². The van der Waals surface area contributed by atoms with Crippen LogP contribution in [-0.4, -0.2) is 11.7 Å². The predicted octanol–water partition coefficient (Wildman–Crippen LogP) is 5.97. The van der Waals surface area contributed by atoms with Crippen LogP contribution in [0.1, 0.15) is 43.2 Å². The topological polar surface area (TPSA) is 58.2 Å². The number of alkyl halides is 3. The van der Waals surface area contributed by atoms with Gasteiger partial charge in [0.25, 0.3) is 5.91 Å². The smallest absolute Gasteiger partial charge is 0.362 e. The van der Waals surface area contributed by atoms with Gasteiger partial charge in [-0.15, -0.1) is 0 Å². The Morgan fingerprint density at radius 1 is 1.09 bits per heavy atom. The Hall–Kier alpha value is -3.06. The molecular formula is C24H20ClF3N2O2. The fourth-order valence-corrected chi connectivity index (χ4v) is 4.58. The van der Waals surface area contributed by atoms with Gasteiger partial charge in [0.2, 0.25) is 0 Å². The highest BCUT2D eigenvalue weighted by atomic mass is 35.5. The van der Waals surface area contributed by atoms with Crippen molar-refractivity contribution < 1.29 is 22.8 Å². The molecule has 2 aromatic rings. The van der Waals surface area contributed by atoms with E-state index < -0.39 is 23.6 Å². The van der Waals surface area contributed by atoms with Crippen LogP contribution in [0.25, 0.3) is 0 Å². The largest absolute Gasteiger partial charge is 0.418 e. The van der Waals surface area contributed by atoms with Crippen LogP contribution in [0.5, 0.6) is 0 Å². The van der Waals surface area contributed by atoms with Gasteiger partial charge in [-0.2, -0.15) is 13.2 Å². The molecule has 2 N–H and O–H groups in total. The average molecular weight is 461 g/mol. The quantitative estimate of drug-likeness (QED) is 0.593. The number of rotatable bonds is 3. The van der Waals surface area contributed by atoms with E-state index in [0.717, 1.165) is 11.8 Å². The SMILES string of the molecule is CC1=C(C(=O)Nc2ccccc2C(F)(F)F)C(c2ccccc2Cl)C2=C(CCCC2=O)N1. The van der Waals surface area contributed by atoms with Crippen LogP contribution in [-0.2, 0) is 15.8 Å². The number of nitrogens with one attached hydrogen (secondary N) is 2. The first kappa shape index (κ1) is 22.1. The molecule has 32 heavy (non-hydrogen) atoms. The lowest BCUT2D eigenvalue weighted by Gasteiger charge is -2.35. The Morgan fingerprint density at radius 2 is 1.78 bits per heavy atom. The summed E-state index contributed by atoms with van der Waals surface area (Å²) < 4.78 is 40.3. The highest BCUT2D eigenvalue weighted by Gasteiger charge is 2.40. The third kappa shape index (κ3) is 4.05. The number of Topliss-reactive ketones (excluding diaryl/α,β-unsaturated/α-hetero) is 1. The number of amides is 1. The first-order chi connectivity index (χ1) is 15.2. The zero-order valence-electron chi connectivity index (χ0n) is 17.1. The fraction of sp³-hybridized carbons (Fsp3) is 0.250. The van der Waals surface area contributed by atoms with E-state index in [9.17, 15) is 22.8 Å². The zero-order chi connectivity index (χ0) is 23.0. The van der Waals surface area contributed by atoms with E-state index in [2.05, 4.69) is 10.6 Å². The molecule has 0 aromatic heterocycles. The number of carbonyl (C=O) groups is 2. The summed E-state index contributed by atoms with van der Waals surface area (Å²) in [5.74, 6) is -1.59. The molecule has 8 heteroatoms. The molecule has 0 saturated carbocycles. The maximum Gasteiger partial charge on any atom is 0.418 e. The molecule has 4 nitrogen and oxygen atoms in total. The summed E-state index contributed by atoms with van der Waals surface area (Å²) in [4.78, 5) is 26.3. The van der Waals surface area contributed by atoms with Crippen LogP contribution in [0.2, 0.25) is 5.02 Å². The Balaban J connectivity index is 1.81. The molecule has 2 aromatic carbocycles. The summed E-state index contributed by atoms with van der Waals surface area (Å²) in [7, 11) is 0. The molecule has 166 valence electrons. The Morgan fingerprint density at radius 3 is 2.50 bits per heavy atom. The number of benzene rings is 2. The number of halogens is 4. The number of carbonyl (C=O) groups excluding carboxylic acids is 2. The van der Waals surface area contributed by atoms with Crippen molar-refractivity contribution in [2.24, 2.45) is 0 Å². The van der Waals surface area contributed by atoms with Gasteiger partial charge >= 0.3 is 6.18 Å². The standard InChI is InChI=1S/C24H20ClF3N2O2/c1-13-20(23(32)30-17-10-5-3-8-15(17)24(26,27)28)21(14-7-2-4-9-16(14)25)22-18(29-13)11-6-12-19(22)31/h2-5,7-10,21,29H,6,11-12H2,1H3,(H,30,32). The number of anilines is 1. The van der Waals surface area contributed by atoms with Crippen molar-refractivity contribution in [2.45, 2.75) is 38.3 Å². The van der Waals surface area contributed by atoms with Crippen LogP contribution in [0.15, 0.2) is 71.1 Å². The maximum atomic E-state index is 13.4. The second kappa shape index (κ2) is 8.47. The second-order valence-corrected chi connectivity index (χ2v) is 8.19. The van der Waals surface area contributed by atoms with E-state index >= 15 is 0 Å². The third-order valence-electron chi connectivity index (χ3n) is 5.72. The molecule has 1 aliphatic carbocycles. The lowest BCUT2D eigenvalue weighted by Crippen LogP contribution is -2.35. The zero-order valence-corrected chi connectivity index (χ0v) is 17.9. The number of para-hydroxylation sites is 1. The van der Waals surface area contributed by atoms with Gasteiger partial charge in [0.15, 0.2) is 5.78 Å². The molecular weight excluding hydrogens is 441 g/mol. The molecule has 1 aliphatic heterocycles. The molecule has 0 bridgehead atoms. The monoisotopic (exact) mass is 460 g/mol. The van der Waals surface area contributed by atoms with Gasteiger partial charge in [-0.25, -0.2) is 0 Å². The van der Waals surface area contributed by atoms with Crippen LogP contribution in [0.3, 0.4) is 0 Å². The summed E-state index contributed by atoms with van der Waals surface area (Å²) in [6, 6.07) is 11.7. The highest BCUT2D eigenvalue weighted by molar-refractivity contribution is 6.31. The van der Waals surface area contributed by atoms with Crippen LogP contribution >= 0.6 is 11.6 Å². The van der Waals surface area contributed by atoms with Gasteiger partial charge in [-0.05, 0) is 43.5 Å². The summed E-state index contributed by atoms with van der Waals surface area (Å²) in [5.41, 5.74) is 1.10. The average Bonchev–Trinajstić information content (AvgIpc) is 2.73. The van der Waals surface area contributed by atoms with Crippen LogP contribution < -0.4 is 10.6 Å². The number of hydrogen-bond acceptors (Lipinski definition) is 3. The lowest BCUT2D eigenvalue weighted by molar-refractivity contribution is -0.137. The van der Waals surface area contributed by atoms with Gasteiger partial charge in [-0.3, -0.25) is 9.59 Å². The van der Waals surface area contributed by atoms with Gasteiger partial charge < -0.3 is 10.6 Å². The molecule has 1 amide bonds. The molecule has 4 rings (SSSR count). The normalized spacial score (nSPS) is 18.9. The first-order valence-corrected chi connectivity index (χ1v) is 10.5. The minimum atomic E-state index is -4.63. The Kier molecular flexibility index (Phi) is 5.86.